The van der Waals surface area contributed by atoms with Crippen LogP contribution in [0.3, 0.4) is 0 Å². The number of carbonyl (C=O) groups excluding carboxylic acids is 2. The number of rotatable bonds is 5. The van der Waals surface area contributed by atoms with Crippen LogP contribution in [0.25, 0.3) is 0 Å². The van der Waals surface area contributed by atoms with Crippen molar-refractivity contribution in [2.24, 2.45) is 13.0 Å². The fraction of sp³-hybridized carbons (Fsp3) is 0.588. The largest absolute Gasteiger partial charge is 0.351 e. The summed E-state index contributed by atoms with van der Waals surface area (Å²) < 4.78 is 1.59. The van der Waals surface area contributed by atoms with Crippen LogP contribution in [0, 0.1) is 12.8 Å². The Balaban J connectivity index is 1.79. The Hall–Kier alpha value is -2.71. The first kappa shape index (κ1) is 18.1. The quantitative estimate of drug-likeness (QED) is 0.827. The average Bonchev–Trinajstić information content (AvgIpc) is 3.25. The summed E-state index contributed by atoms with van der Waals surface area (Å²) in [5.41, 5.74) is 0.374. The zero-order chi connectivity index (χ0) is 18.8. The molecule has 1 aliphatic heterocycles. The smallest absolute Gasteiger partial charge is 0.275 e. The lowest BCUT2D eigenvalue weighted by molar-refractivity contribution is -0.122. The minimum Gasteiger partial charge on any atom is -0.351 e. The van der Waals surface area contributed by atoms with Gasteiger partial charge in [0.05, 0.1) is 6.04 Å². The number of amides is 2. The van der Waals surface area contributed by atoms with Gasteiger partial charge in [0.1, 0.15) is 11.5 Å². The molecule has 9 heteroatoms. The Morgan fingerprint density at radius 1 is 1.42 bits per heavy atom. The molecule has 0 aliphatic carbocycles. The van der Waals surface area contributed by atoms with Gasteiger partial charge in [0, 0.05) is 32.3 Å². The normalized spacial score (nSPS) is 20.0. The molecule has 3 heterocycles. The summed E-state index contributed by atoms with van der Waals surface area (Å²) >= 11 is 0. The lowest BCUT2D eigenvalue weighted by Gasteiger charge is -2.21. The number of nitrogens with zero attached hydrogens (tertiary/aromatic N) is 5. The van der Waals surface area contributed by atoms with Crippen molar-refractivity contribution in [2.75, 3.05) is 6.54 Å². The standard InChI is InChI=1S/C17H25N7O2/c1-10(2)7-15(25)19-12-8-14(16-18-11(3)20-21-16)24(9-12)17(26)13-5-6-23(4)22-13/h5-6,10,12,14H,7-9H2,1-4H3,(H,19,25)(H,18,20,21)/t12-,14-/m0/s1. The Bertz CT molecular complexity index is 795. The summed E-state index contributed by atoms with van der Waals surface area (Å²) in [5, 5.41) is 14.3. The van der Waals surface area contributed by atoms with Crippen molar-refractivity contribution < 1.29 is 9.59 Å². The molecule has 2 aromatic heterocycles. The maximum atomic E-state index is 12.9. The highest BCUT2D eigenvalue weighted by atomic mass is 16.2. The fourth-order valence-electron chi connectivity index (χ4n) is 3.25. The van der Waals surface area contributed by atoms with Crippen LogP contribution in [0.15, 0.2) is 12.3 Å². The second-order valence-electron chi connectivity index (χ2n) is 7.23. The first-order valence-corrected chi connectivity index (χ1v) is 8.82. The van der Waals surface area contributed by atoms with Gasteiger partial charge in [0.15, 0.2) is 5.82 Å². The van der Waals surface area contributed by atoms with E-state index in [-0.39, 0.29) is 29.8 Å². The van der Waals surface area contributed by atoms with Crippen LogP contribution in [-0.2, 0) is 11.8 Å². The molecular formula is C17H25N7O2. The van der Waals surface area contributed by atoms with E-state index in [0.29, 0.717) is 36.7 Å². The third-order valence-corrected chi connectivity index (χ3v) is 4.37. The van der Waals surface area contributed by atoms with E-state index >= 15 is 0 Å². The molecule has 2 N–H and O–H groups in total. The van der Waals surface area contributed by atoms with Gasteiger partial charge < -0.3 is 10.2 Å². The molecule has 0 spiro atoms. The number of hydrogen-bond acceptors (Lipinski definition) is 5. The summed E-state index contributed by atoms with van der Waals surface area (Å²) in [4.78, 5) is 31.2. The summed E-state index contributed by atoms with van der Waals surface area (Å²) in [7, 11) is 1.77. The molecular weight excluding hydrogens is 334 g/mol. The molecule has 26 heavy (non-hydrogen) atoms. The number of aromatic nitrogens is 5. The first-order chi connectivity index (χ1) is 12.3. The highest BCUT2D eigenvalue weighted by molar-refractivity contribution is 5.92. The van der Waals surface area contributed by atoms with Crippen molar-refractivity contribution >= 4 is 11.8 Å². The Morgan fingerprint density at radius 2 is 2.19 bits per heavy atom. The van der Waals surface area contributed by atoms with Crippen LogP contribution in [0.4, 0.5) is 0 Å². The van der Waals surface area contributed by atoms with Crippen LogP contribution in [0.1, 0.15) is 54.9 Å². The molecule has 0 radical (unpaired) electrons. The van der Waals surface area contributed by atoms with Crippen molar-refractivity contribution in [1.29, 1.82) is 0 Å². The molecule has 2 amide bonds. The Morgan fingerprint density at radius 3 is 2.77 bits per heavy atom. The van der Waals surface area contributed by atoms with Gasteiger partial charge in [0.2, 0.25) is 5.91 Å². The highest BCUT2D eigenvalue weighted by Gasteiger charge is 2.39. The van der Waals surface area contributed by atoms with Gasteiger partial charge in [-0.15, -0.1) is 0 Å². The molecule has 0 unspecified atom stereocenters. The minimum absolute atomic E-state index is 0.00190. The zero-order valence-corrected chi connectivity index (χ0v) is 15.6. The van der Waals surface area contributed by atoms with E-state index < -0.39 is 0 Å². The molecule has 9 nitrogen and oxygen atoms in total. The number of nitrogens with one attached hydrogen (secondary N) is 2. The Labute approximate surface area is 152 Å². The van der Waals surface area contributed by atoms with Crippen LogP contribution >= 0.6 is 0 Å². The number of H-pyrrole nitrogens is 1. The molecule has 2 aromatic rings. The topological polar surface area (TPSA) is 109 Å². The van der Waals surface area contributed by atoms with Gasteiger partial charge in [-0.25, -0.2) is 4.98 Å². The van der Waals surface area contributed by atoms with E-state index in [0.717, 1.165) is 0 Å². The van der Waals surface area contributed by atoms with Gasteiger partial charge in [-0.2, -0.15) is 10.2 Å². The maximum Gasteiger partial charge on any atom is 0.275 e. The molecule has 0 saturated carbocycles. The third-order valence-electron chi connectivity index (χ3n) is 4.37. The van der Waals surface area contributed by atoms with Crippen LogP contribution in [0.2, 0.25) is 0 Å². The zero-order valence-electron chi connectivity index (χ0n) is 15.6. The van der Waals surface area contributed by atoms with Crippen LogP contribution < -0.4 is 5.32 Å². The molecule has 0 bridgehead atoms. The first-order valence-electron chi connectivity index (χ1n) is 8.82. The van der Waals surface area contributed by atoms with E-state index in [1.54, 1.807) is 28.9 Å². The number of aromatic amines is 1. The van der Waals surface area contributed by atoms with Gasteiger partial charge in [-0.3, -0.25) is 19.4 Å². The van der Waals surface area contributed by atoms with Gasteiger partial charge in [-0.1, -0.05) is 13.8 Å². The van der Waals surface area contributed by atoms with E-state index in [9.17, 15) is 9.59 Å². The monoisotopic (exact) mass is 359 g/mol. The maximum absolute atomic E-state index is 12.9. The summed E-state index contributed by atoms with van der Waals surface area (Å²) in [6.07, 6.45) is 2.78. The van der Waals surface area contributed by atoms with E-state index in [2.05, 4.69) is 25.6 Å². The van der Waals surface area contributed by atoms with Gasteiger partial charge in [-0.05, 0) is 25.3 Å². The second kappa shape index (κ2) is 7.27. The Kier molecular flexibility index (Phi) is 5.06. The van der Waals surface area contributed by atoms with Crippen LogP contribution in [0.5, 0.6) is 0 Å². The van der Waals surface area contributed by atoms with Gasteiger partial charge in [0.25, 0.3) is 5.91 Å². The number of likely N-dealkylation sites (tertiary alicyclic amines) is 1. The van der Waals surface area contributed by atoms with E-state index in [4.69, 9.17) is 0 Å². The predicted molar refractivity (Wildman–Crippen MR) is 94.1 cm³/mol. The van der Waals surface area contributed by atoms with Crippen molar-refractivity contribution in [1.82, 2.24) is 35.2 Å². The molecule has 1 fully saturated rings. The van der Waals surface area contributed by atoms with Gasteiger partial charge >= 0.3 is 0 Å². The highest BCUT2D eigenvalue weighted by Crippen LogP contribution is 2.31. The molecule has 2 atom stereocenters. The fourth-order valence-corrected chi connectivity index (χ4v) is 3.25. The number of hydrogen-bond donors (Lipinski definition) is 2. The molecule has 3 rings (SSSR count). The average molecular weight is 359 g/mol. The molecule has 140 valence electrons. The van der Waals surface area contributed by atoms with Crippen molar-refractivity contribution in [3.63, 3.8) is 0 Å². The van der Waals surface area contributed by atoms with E-state index in [1.807, 2.05) is 20.8 Å². The second-order valence-corrected chi connectivity index (χ2v) is 7.23. The number of carbonyl (C=O) groups is 2. The van der Waals surface area contributed by atoms with Crippen molar-refractivity contribution in [3.05, 3.63) is 29.6 Å². The summed E-state index contributed by atoms with van der Waals surface area (Å²) in [6, 6.07) is 1.27. The third kappa shape index (κ3) is 3.92. The molecule has 1 saturated heterocycles. The lowest BCUT2D eigenvalue weighted by Crippen LogP contribution is -2.39. The van der Waals surface area contributed by atoms with Crippen molar-refractivity contribution in [2.45, 2.75) is 45.7 Å². The molecule has 1 aliphatic rings. The molecule has 0 aromatic carbocycles. The lowest BCUT2D eigenvalue weighted by atomic mass is 10.1. The summed E-state index contributed by atoms with van der Waals surface area (Å²) in [5.74, 6) is 1.36. The van der Waals surface area contributed by atoms with E-state index in [1.165, 1.54) is 0 Å². The van der Waals surface area contributed by atoms with Crippen molar-refractivity contribution in [3.8, 4) is 0 Å². The SMILES string of the molecule is Cc1nc([C@@H]2C[C@H](NC(=O)CC(C)C)CN2C(=O)c2ccn(C)n2)n[nH]1. The van der Waals surface area contributed by atoms with Crippen LogP contribution in [-0.4, -0.2) is 54.3 Å². The predicted octanol–water partition coefficient (Wildman–Crippen LogP) is 0.965. The summed E-state index contributed by atoms with van der Waals surface area (Å²) in [6.45, 7) is 6.24. The number of aryl methyl sites for hydroxylation is 2. The minimum atomic E-state index is -0.293.